The zero-order valence-corrected chi connectivity index (χ0v) is 14.5. The van der Waals surface area contributed by atoms with Crippen molar-refractivity contribution in [3.63, 3.8) is 0 Å². The van der Waals surface area contributed by atoms with Crippen LogP contribution in [0, 0.1) is 0 Å². The minimum atomic E-state index is -0.948. The Balaban J connectivity index is 1.77. The van der Waals surface area contributed by atoms with E-state index in [1.165, 1.54) is 11.3 Å². The van der Waals surface area contributed by atoms with Crippen LogP contribution in [0.1, 0.15) is 16.1 Å². The molecular weight excluding hydrogens is 344 g/mol. The van der Waals surface area contributed by atoms with Gasteiger partial charge in [-0.25, -0.2) is 4.98 Å². The van der Waals surface area contributed by atoms with Crippen LogP contribution < -0.4 is 4.74 Å². The fourth-order valence-corrected chi connectivity index (χ4v) is 3.55. The number of rotatable bonds is 5. The average molecular weight is 362 g/mol. The van der Waals surface area contributed by atoms with Crippen molar-refractivity contribution in [2.75, 3.05) is 26.9 Å². The van der Waals surface area contributed by atoms with E-state index in [0.29, 0.717) is 18.0 Å². The van der Waals surface area contributed by atoms with Gasteiger partial charge in [-0.15, -0.1) is 11.3 Å². The first-order valence-electron chi connectivity index (χ1n) is 7.79. The van der Waals surface area contributed by atoms with Crippen LogP contribution in [-0.4, -0.2) is 59.8 Å². The third-order valence-electron chi connectivity index (χ3n) is 3.95. The van der Waals surface area contributed by atoms with Crippen LogP contribution in [0.2, 0.25) is 0 Å². The maximum Gasteiger partial charge on any atom is 0.305 e. The summed E-state index contributed by atoms with van der Waals surface area (Å²) in [5.74, 6) is -0.398. The lowest BCUT2D eigenvalue weighted by Gasteiger charge is -2.34. The first-order valence-corrected chi connectivity index (χ1v) is 8.61. The Morgan fingerprint density at radius 3 is 2.84 bits per heavy atom. The van der Waals surface area contributed by atoms with Crippen LogP contribution in [0.5, 0.6) is 5.75 Å². The van der Waals surface area contributed by atoms with E-state index in [4.69, 9.17) is 14.6 Å². The van der Waals surface area contributed by atoms with Crippen LogP contribution in [0.25, 0.3) is 10.6 Å². The van der Waals surface area contributed by atoms with Crippen LogP contribution >= 0.6 is 11.3 Å². The summed E-state index contributed by atoms with van der Waals surface area (Å²) in [6.45, 7) is 1.03. The van der Waals surface area contributed by atoms with Crippen LogP contribution in [0.4, 0.5) is 0 Å². The second kappa shape index (κ2) is 7.62. The Labute approximate surface area is 148 Å². The quantitative estimate of drug-likeness (QED) is 0.877. The molecule has 0 spiro atoms. The fraction of sp³-hybridized carbons (Fsp3) is 0.353. The third kappa shape index (κ3) is 3.97. The summed E-state index contributed by atoms with van der Waals surface area (Å²) in [5.41, 5.74) is 0.897. The summed E-state index contributed by atoms with van der Waals surface area (Å²) in [6, 6.07) is 6.99. The topological polar surface area (TPSA) is 89.0 Å². The Bertz CT molecular complexity index is 759. The predicted molar refractivity (Wildman–Crippen MR) is 92.0 cm³/mol. The monoisotopic (exact) mass is 362 g/mol. The van der Waals surface area contributed by atoms with Crippen molar-refractivity contribution in [1.29, 1.82) is 0 Å². The Hall–Kier alpha value is -2.45. The molecule has 0 saturated carbocycles. The van der Waals surface area contributed by atoms with Gasteiger partial charge in [0.1, 0.15) is 15.6 Å². The number of morpholine rings is 1. The number of benzene rings is 1. The number of carbonyl (C=O) groups excluding carboxylic acids is 1. The number of aromatic nitrogens is 1. The van der Waals surface area contributed by atoms with Gasteiger partial charge in [-0.1, -0.05) is 0 Å². The van der Waals surface area contributed by atoms with Crippen molar-refractivity contribution in [1.82, 2.24) is 9.88 Å². The molecule has 3 rings (SSSR count). The molecule has 1 aliphatic heterocycles. The maximum absolute atomic E-state index is 12.8. The highest BCUT2D eigenvalue weighted by Crippen LogP contribution is 2.28. The van der Waals surface area contributed by atoms with Gasteiger partial charge in [-0.05, 0) is 24.3 Å². The molecule has 2 heterocycles. The van der Waals surface area contributed by atoms with Gasteiger partial charge in [-0.3, -0.25) is 9.59 Å². The largest absolute Gasteiger partial charge is 0.497 e. The molecular formula is C17H18N2O5S. The molecule has 1 N–H and O–H groups in total. The van der Waals surface area contributed by atoms with Crippen LogP contribution in [0.15, 0.2) is 30.5 Å². The van der Waals surface area contributed by atoms with E-state index in [2.05, 4.69) is 4.98 Å². The first-order chi connectivity index (χ1) is 12.1. The molecule has 1 fully saturated rings. The standard InChI is InChI=1S/C17H18N2O5S/c1-23-13-4-2-11(3-5-13)16-18-9-14(25-16)17(22)19-6-7-24-10-12(19)8-15(20)21/h2-5,9,12H,6-8,10H2,1H3,(H,20,21). The van der Waals surface area contributed by atoms with Crippen molar-refractivity contribution in [2.45, 2.75) is 12.5 Å². The molecule has 8 heteroatoms. The van der Waals surface area contributed by atoms with E-state index < -0.39 is 12.0 Å². The summed E-state index contributed by atoms with van der Waals surface area (Å²) in [4.78, 5) is 30.2. The van der Waals surface area contributed by atoms with Gasteiger partial charge in [0.2, 0.25) is 0 Å². The van der Waals surface area contributed by atoms with Crippen molar-refractivity contribution >= 4 is 23.2 Å². The summed E-state index contributed by atoms with van der Waals surface area (Å²) < 4.78 is 10.4. The highest BCUT2D eigenvalue weighted by atomic mass is 32.1. The number of methoxy groups -OCH3 is 1. The second-order valence-electron chi connectivity index (χ2n) is 5.58. The lowest BCUT2D eigenvalue weighted by molar-refractivity contribution is -0.139. The highest BCUT2D eigenvalue weighted by Gasteiger charge is 2.30. The zero-order chi connectivity index (χ0) is 17.8. The summed E-state index contributed by atoms with van der Waals surface area (Å²) in [5, 5.41) is 9.75. The number of amides is 1. The number of thiazole rings is 1. The average Bonchev–Trinajstić information content (AvgIpc) is 3.11. The molecule has 1 aromatic heterocycles. The van der Waals surface area contributed by atoms with Gasteiger partial charge in [0.15, 0.2) is 0 Å². The number of carboxylic acid groups (broad SMARTS) is 1. The minimum Gasteiger partial charge on any atom is -0.497 e. The Kier molecular flexibility index (Phi) is 5.30. The number of aliphatic carboxylic acids is 1. The molecule has 25 heavy (non-hydrogen) atoms. The molecule has 0 bridgehead atoms. The lowest BCUT2D eigenvalue weighted by Crippen LogP contribution is -2.49. The van der Waals surface area contributed by atoms with E-state index in [-0.39, 0.29) is 18.9 Å². The summed E-state index contributed by atoms with van der Waals surface area (Å²) >= 11 is 1.29. The van der Waals surface area contributed by atoms with Crippen molar-refractivity contribution in [2.24, 2.45) is 0 Å². The van der Waals surface area contributed by atoms with E-state index in [1.807, 2.05) is 24.3 Å². The van der Waals surface area contributed by atoms with Gasteiger partial charge in [0.05, 0.1) is 39.0 Å². The molecule has 1 aromatic carbocycles. The second-order valence-corrected chi connectivity index (χ2v) is 6.61. The van der Waals surface area contributed by atoms with E-state index >= 15 is 0 Å². The molecule has 1 amide bonds. The zero-order valence-electron chi connectivity index (χ0n) is 13.7. The number of nitrogens with zero attached hydrogens (tertiary/aromatic N) is 2. The van der Waals surface area contributed by atoms with Crippen molar-refractivity contribution in [3.8, 4) is 16.3 Å². The number of carboxylic acids is 1. The van der Waals surface area contributed by atoms with Gasteiger partial charge in [-0.2, -0.15) is 0 Å². The normalized spacial score (nSPS) is 17.3. The highest BCUT2D eigenvalue weighted by molar-refractivity contribution is 7.16. The molecule has 7 nitrogen and oxygen atoms in total. The van der Waals surface area contributed by atoms with E-state index in [1.54, 1.807) is 18.2 Å². The van der Waals surface area contributed by atoms with Gasteiger partial charge in [0, 0.05) is 12.1 Å². The van der Waals surface area contributed by atoms with Gasteiger partial charge < -0.3 is 19.5 Å². The molecule has 132 valence electrons. The number of hydrogen-bond donors (Lipinski definition) is 1. The van der Waals surface area contributed by atoms with Crippen LogP contribution in [-0.2, 0) is 9.53 Å². The van der Waals surface area contributed by atoms with Crippen molar-refractivity contribution in [3.05, 3.63) is 35.3 Å². The predicted octanol–water partition coefficient (Wildman–Crippen LogP) is 2.13. The molecule has 1 aliphatic rings. The summed E-state index contributed by atoms with van der Waals surface area (Å²) in [7, 11) is 1.60. The molecule has 0 aliphatic carbocycles. The maximum atomic E-state index is 12.8. The molecule has 0 radical (unpaired) electrons. The number of ether oxygens (including phenoxy) is 2. The molecule has 2 aromatic rings. The first kappa shape index (κ1) is 17.4. The smallest absolute Gasteiger partial charge is 0.305 e. The molecule has 1 unspecified atom stereocenters. The lowest BCUT2D eigenvalue weighted by atomic mass is 10.1. The van der Waals surface area contributed by atoms with Gasteiger partial charge >= 0.3 is 5.97 Å². The number of hydrogen-bond acceptors (Lipinski definition) is 6. The Morgan fingerprint density at radius 1 is 1.40 bits per heavy atom. The van der Waals surface area contributed by atoms with Crippen LogP contribution in [0.3, 0.4) is 0 Å². The van der Waals surface area contributed by atoms with E-state index in [9.17, 15) is 9.59 Å². The SMILES string of the molecule is COc1ccc(-c2ncc(C(=O)N3CCOCC3CC(=O)O)s2)cc1. The third-order valence-corrected chi connectivity index (χ3v) is 4.99. The van der Waals surface area contributed by atoms with E-state index in [0.717, 1.165) is 16.3 Å². The molecule has 1 saturated heterocycles. The Morgan fingerprint density at radius 2 is 2.16 bits per heavy atom. The number of carbonyl (C=O) groups is 2. The minimum absolute atomic E-state index is 0.129. The fourth-order valence-electron chi connectivity index (χ4n) is 2.67. The van der Waals surface area contributed by atoms with Crippen molar-refractivity contribution < 1.29 is 24.2 Å². The van der Waals surface area contributed by atoms with Gasteiger partial charge in [0.25, 0.3) is 5.91 Å². The molecule has 1 atom stereocenters. The summed E-state index contributed by atoms with van der Waals surface area (Å²) in [6.07, 6.45) is 1.41.